The van der Waals surface area contributed by atoms with Gasteiger partial charge in [-0.1, -0.05) is 19.8 Å². The second kappa shape index (κ2) is 6.79. The fourth-order valence-corrected chi connectivity index (χ4v) is 5.39. The molecule has 0 atom stereocenters. The lowest BCUT2D eigenvalue weighted by molar-refractivity contribution is 0.0987. The molecule has 0 amide bonds. The summed E-state index contributed by atoms with van der Waals surface area (Å²) in [5.41, 5.74) is 0. The van der Waals surface area contributed by atoms with Crippen LogP contribution in [-0.2, 0) is 0 Å². The first-order valence-corrected chi connectivity index (χ1v) is 9.36. The summed E-state index contributed by atoms with van der Waals surface area (Å²) in [4.78, 5) is 0. The van der Waals surface area contributed by atoms with Crippen molar-refractivity contribution in [3.63, 3.8) is 0 Å². The molecule has 0 aliphatic heterocycles. The highest BCUT2D eigenvalue weighted by molar-refractivity contribution is 4.85. The first-order chi connectivity index (χ1) is 9.72. The first kappa shape index (κ1) is 14.9. The Morgan fingerprint density at radius 1 is 0.500 bits per heavy atom. The van der Waals surface area contributed by atoms with Gasteiger partial charge in [-0.2, -0.15) is 0 Å². The van der Waals surface area contributed by atoms with Gasteiger partial charge in [0, 0.05) is 0 Å². The lowest BCUT2D eigenvalue weighted by Gasteiger charge is -2.40. The van der Waals surface area contributed by atoms with Crippen LogP contribution >= 0.6 is 0 Å². The molecule has 0 nitrogen and oxygen atoms in total. The van der Waals surface area contributed by atoms with Crippen LogP contribution in [0.15, 0.2) is 0 Å². The van der Waals surface area contributed by atoms with Crippen molar-refractivity contribution in [2.45, 2.75) is 90.1 Å². The number of alkyl halides is 1. The quantitative estimate of drug-likeness (QED) is 0.569. The van der Waals surface area contributed by atoms with Gasteiger partial charge in [0.25, 0.3) is 0 Å². The Labute approximate surface area is 124 Å². The standard InChI is InChI=1S/C19H33F/c1-14-2-4-15(5-3-14)16-6-8-17(9-7-16)18-10-12-19(20)13-11-18/h14-19H,2-13H2,1H3. The predicted molar refractivity (Wildman–Crippen MR) is 83.4 cm³/mol. The predicted octanol–water partition coefficient (Wildman–Crippen LogP) is 6.15. The SMILES string of the molecule is CC1CCC(C2CCC(C3CCC(F)CC3)CC2)CC1. The van der Waals surface area contributed by atoms with Gasteiger partial charge in [0.2, 0.25) is 0 Å². The summed E-state index contributed by atoms with van der Waals surface area (Å²) in [5, 5.41) is 0. The molecule has 3 aliphatic carbocycles. The zero-order chi connectivity index (χ0) is 13.9. The van der Waals surface area contributed by atoms with Crippen LogP contribution in [0.25, 0.3) is 0 Å². The molecule has 1 heteroatoms. The van der Waals surface area contributed by atoms with Gasteiger partial charge < -0.3 is 0 Å². The van der Waals surface area contributed by atoms with Crippen molar-refractivity contribution in [2.75, 3.05) is 0 Å². The summed E-state index contributed by atoms with van der Waals surface area (Å²) < 4.78 is 13.3. The van der Waals surface area contributed by atoms with Gasteiger partial charge in [0.15, 0.2) is 0 Å². The van der Waals surface area contributed by atoms with Crippen LogP contribution in [0.3, 0.4) is 0 Å². The van der Waals surface area contributed by atoms with E-state index < -0.39 is 6.17 Å². The highest BCUT2D eigenvalue weighted by Crippen LogP contribution is 2.45. The van der Waals surface area contributed by atoms with Crippen LogP contribution in [0.1, 0.15) is 84.0 Å². The van der Waals surface area contributed by atoms with Crippen LogP contribution < -0.4 is 0 Å². The third-order valence-electron chi connectivity index (χ3n) is 6.91. The monoisotopic (exact) mass is 280 g/mol. The highest BCUT2D eigenvalue weighted by Gasteiger charge is 2.34. The minimum Gasteiger partial charge on any atom is -0.247 e. The Hall–Kier alpha value is -0.0700. The number of halogens is 1. The fourth-order valence-electron chi connectivity index (χ4n) is 5.39. The minimum absolute atomic E-state index is 0.480. The van der Waals surface area contributed by atoms with Crippen molar-refractivity contribution >= 4 is 0 Å². The van der Waals surface area contributed by atoms with E-state index in [4.69, 9.17) is 0 Å². The zero-order valence-corrected chi connectivity index (χ0v) is 13.3. The molecule has 0 aromatic heterocycles. The van der Waals surface area contributed by atoms with Gasteiger partial charge in [-0.3, -0.25) is 0 Å². The molecule has 0 N–H and O–H groups in total. The Balaban J connectivity index is 1.42. The lowest BCUT2D eigenvalue weighted by Crippen LogP contribution is -2.29. The molecule has 0 spiro atoms. The summed E-state index contributed by atoms with van der Waals surface area (Å²) in [6.07, 6.45) is 15.4. The molecule has 0 saturated heterocycles. The summed E-state index contributed by atoms with van der Waals surface area (Å²) in [6.45, 7) is 2.42. The Morgan fingerprint density at radius 2 is 0.800 bits per heavy atom. The maximum Gasteiger partial charge on any atom is 0.100 e. The van der Waals surface area contributed by atoms with Gasteiger partial charge in [-0.25, -0.2) is 4.39 Å². The van der Waals surface area contributed by atoms with Crippen LogP contribution in [0, 0.1) is 29.6 Å². The van der Waals surface area contributed by atoms with E-state index in [0.29, 0.717) is 0 Å². The molecule has 3 aliphatic rings. The number of rotatable bonds is 2. The average Bonchev–Trinajstić information content (AvgIpc) is 2.49. The molecule has 0 heterocycles. The van der Waals surface area contributed by atoms with E-state index in [1.807, 2.05) is 0 Å². The summed E-state index contributed by atoms with van der Waals surface area (Å²) in [5.74, 6) is 4.89. The van der Waals surface area contributed by atoms with E-state index in [1.165, 1.54) is 64.2 Å². The van der Waals surface area contributed by atoms with E-state index in [-0.39, 0.29) is 0 Å². The Bertz CT molecular complexity index is 246. The molecule has 0 bridgehead atoms. The van der Waals surface area contributed by atoms with Gasteiger partial charge in [-0.15, -0.1) is 0 Å². The van der Waals surface area contributed by atoms with Gasteiger partial charge in [0.05, 0.1) is 0 Å². The Kier molecular flexibility index (Phi) is 5.04. The van der Waals surface area contributed by atoms with Crippen molar-refractivity contribution in [2.24, 2.45) is 29.6 Å². The average molecular weight is 280 g/mol. The van der Waals surface area contributed by atoms with Crippen LogP contribution in [0.4, 0.5) is 4.39 Å². The lowest BCUT2D eigenvalue weighted by atomic mass is 9.66. The summed E-state index contributed by atoms with van der Waals surface area (Å²) in [7, 11) is 0. The molecule has 0 aromatic rings. The minimum atomic E-state index is -0.480. The Morgan fingerprint density at radius 3 is 1.20 bits per heavy atom. The molecule has 3 rings (SSSR count). The zero-order valence-electron chi connectivity index (χ0n) is 13.3. The molecule has 3 saturated carbocycles. The molecule has 0 aromatic carbocycles. The molecule has 20 heavy (non-hydrogen) atoms. The van der Waals surface area contributed by atoms with E-state index in [9.17, 15) is 4.39 Å². The van der Waals surface area contributed by atoms with Crippen LogP contribution in [0.2, 0.25) is 0 Å². The smallest absolute Gasteiger partial charge is 0.100 e. The van der Waals surface area contributed by atoms with Crippen LogP contribution in [-0.4, -0.2) is 6.17 Å². The normalized spacial score (nSPS) is 47.1. The number of hydrogen-bond donors (Lipinski definition) is 0. The largest absolute Gasteiger partial charge is 0.247 e. The van der Waals surface area contributed by atoms with Crippen molar-refractivity contribution in [1.82, 2.24) is 0 Å². The van der Waals surface area contributed by atoms with Crippen molar-refractivity contribution in [3.8, 4) is 0 Å². The fraction of sp³-hybridized carbons (Fsp3) is 1.00. The third-order valence-corrected chi connectivity index (χ3v) is 6.91. The van der Waals surface area contributed by atoms with E-state index >= 15 is 0 Å². The molecule has 3 fully saturated rings. The van der Waals surface area contributed by atoms with Crippen molar-refractivity contribution < 1.29 is 4.39 Å². The van der Waals surface area contributed by atoms with Crippen LogP contribution in [0.5, 0.6) is 0 Å². The molecular formula is C19H33F. The van der Waals surface area contributed by atoms with Gasteiger partial charge in [0.1, 0.15) is 6.17 Å². The summed E-state index contributed by atoms with van der Waals surface area (Å²) >= 11 is 0. The molecule has 116 valence electrons. The number of hydrogen-bond acceptors (Lipinski definition) is 0. The van der Waals surface area contributed by atoms with Crippen molar-refractivity contribution in [3.05, 3.63) is 0 Å². The van der Waals surface area contributed by atoms with E-state index in [0.717, 1.165) is 42.4 Å². The van der Waals surface area contributed by atoms with Gasteiger partial charge in [-0.05, 0) is 93.8 Å². The first-order valence-electron chi connectivity index (χ1n) is 9.36. The molecular weight excluding hydrogens is 247 g/mol. The highest BCUT2D eigenvalue weighted by atomic mass is 19.1. The summed E-state index contributed by atoms with van der Waals surface area (Å²) in [6, 6.07) is 0. The maximum atomic E-state index is 13.3. The second-order valence-corrected chi connectivity index (χ2v) is 8.21. The van der Waals surface area contributed by atoms with Gasteiger partial charge >= 0.3 is 0 Å². The molecule has 0 radical (unpaired) electrons. The topological polar surface area (TPSA) is 0 Å². The van der Waals surface area contributed by atoms with Crippen molar-refractivity contribution in [1.29, 1.82) is 0 Å². The maximum absolute atomic E-state index is 13.3. The third kappa shape index (κ3) is 3.57. The second-order valence-electron chi connectivity index (χ2n) is 8.21. The van der Waals surface area contributed by atoms with E-state index in [2.05, 4.69) is 6.92 Å². The van der Waals surface area contributed by atoms with E-state index in [1.54, 1.807) is 0 Å². The molecule has 0 unspecified atom stereocenters.